The molecule has 0 saturated heterocycles. The van der Waals surface area contributed by atoms with Crippen LogP contribution in [0.1, 0.15) is 32.6 Å². The number of rotatable bonds is 3. The maximum Gasteiger partial charge on any atom is 0.242 e. The Labute approximate surface area is 90.2 Å². The Kier molecular flexibility index (Phi) is 3.18. The summed E-state index contributed by atoms with van der Waals surface area (Å²) in [5.74, 6) is 2.37. The second-order valence-electron chi connectivity index (χ2n) is 4.53. The monoisotopic (exact) mass is 209 g/mol. The molecule has 2 unspecified atom stereocenters. The Morgan fingerprint density at radius 1 is 1.40 bits per heavy atom. The lowest BCUT2D eigenvalue weighted by molar-refractivity contribution is 0.268. The molecule has 0 radical (unpaired) electrons. The van der Waals surface area contributed by atoms with Gasteiger partial charge in [0.2, 0.25) is 5.95 Å². The summed E-state index contributed by atoms with van der Waals surface area (Å²) in [7, 11) is 1.85. The normalized spacial score (nSPS) is 26.5. The molecule has 15 heavy (non-hydrogen) atoms. The molecule has 0 aliphatic heterocycles. The number of nitrogens with one attached hydrogen (secondary N) is 1. The van der Waals surface area contributed by atoms with Gasteiger partial charge < -0.3 is 5.32 Å². The quantitative estimate of drug-likeness (QED) is 0.818. The first kappa shape index (κ1) is 10.4. The van der Waals surface area contributed by atoms with Gasteiger partial charge in [-0.15, -0.1) is 0 Å². The SMILES string of the molecule is CC1CCCCC1CNc1nnnn1C. The molecular weight excluding hydrogens is 190 g/mol. The molecular formula is C10H19N5. The van der Waals surface area contributed by atoms with Gasteiger partial charge in [-0.2, -0.15) is 0 Å². The smallest absolute Gasteiger partial charge is 0.242 e. The van der Waals surface area contributed by atoms with E-state index in [-0.39, 0.29) is 0 Å². The molecule has 1 aromatic rings. The predicted molar refractivity (Wildman–Crippen MR) is 58.4 cm³/mol. The lowest BCUT2D eigenvalue weighted by Gasteiger charge is -2.28. The summed E-state index contributed by atoms with van der Waals surface area (Å²) in [6.07, 6.45) is 5.46. The maximum atomic E-state index is 3.92. The van der Waals surface area contributed by atoms with Crippen molar-refractivity contribution in [1.29, 1.82) is 0 Å². The third-order valence-corrected chi connectivity index (χ3v) is 3.43. The number of nitrogens with zero attached hydrogens (tertiary/aromatic N) is 4. The van der Waals surface area contributed by atoms with Crippen molar-refractivity contribution in [3.05, 3.63) is 0 Å². The Balaban J connectivity index is 1.84. The average molecular weight is 209 g/mol. The summed E-state index contributed by atoms with van der Waals surface area (Å²) < 4.78 is 1.67. The average Bonchev–Trinajstić information content (AvgIpc) is 2.63. The van der Waals surface area contributed by atoms with Crippen LogP contribution in [0.4, 0.5) is 5.95 Å². The second kappa shape index (κ2) is 4.59. The van der Waals surface area contributed by atoms with E-state index in [0.29, 0.717) is 0 Å². The second-order valence-corrected chi connectivity index (χ2v) is 4.53. The van der Waals surface area contributed by atoms with Crippen molar-refractivity contribution >= 4 is 5.95 Å². The standard InChI is InChI=1S/C10H19N5/c1-8-5-3-4-6-9(8)7-11-10-12-13-14-15(10)2/h8-9H,3-7H2,1-2H3,(H,11,12,14). The van der Waals surface area contributed by atoms with Crippen molar-refractivity contribution in [2.75, 3.05) is 11.9 Å². The van der Waals surface area contributed by atoms with Crippen LogP contribution in [0.25, 0.3) is 0 Å². The molecule has 5 heteroatoms. The van der Waals surface area contributed by atoms with Crippen LogP contribution >= 0.6 is 0 Å². The third-order valence-electron chi connectivity index (χ3n) is 3.43. The molecule has 0 bridgehead atoms. The zero-order chi connectivity index (χ0) is 10.7. The van der Waals surface area contributed by atoms with Gasteiger partial charge in [-0.3, -0.25) is 0 Å². The molecule has 1 fully saturated rings. The Morgan fingerprint density at radius 3 is 2.87 bits per heavy atom. The highest BCUT2D eigenvalue weighted by Crippen LogP contribution is 2.29. The molecule has 2 atom stereocenters. The van der Waals surface area contributed by atoms with E-state index in [1.54, 1.807) is 4.68 Å². The molecule has 0 amide bonds. The van der Waals surface area contributed by atoms with Crippen LogP contribution in [0.5, 0.6) is 0 Å². The first-order valence-corrected chi connectivity index (χ1v) is 5.73. The first-order chi connectivity index (χ1) is 7.27. The van der Waals surface area contributed by atoms with E-state index in [4.69, 9.17) is 0 Å². The number of aryl methyl sites for hydroxylation is 1. The Morgan fingerprint density at radius 2 is 2.20 bits per heavy atom. The molecule has 0 spiro atoms. The van der Waals surface area contributed by atoms with Crippen LogP contribution in [0, 0.1) is 11.8 Å². The fourth-order valence-electron chi connectivity index (χ4n) is 2.30. The van der Waals surface area contributed by atoms with Crippen molar-refractivity contribution in [3.63, 3.8) is 0 Å². The van der Waals surface area contributed by atoms with Gasteiger partial charge in [-0.05, 0) is 28.7 Å². The Bertz CT molecular complexity index is 309. The van der Waals surface area contributed by atoms with Crippen molar-refractivity contribution in [2.45, 2.75) is 32.6 Å². The van der Waals surface area contributed by atoms with Gasteiger partial charge in [0.1, 0.15) is 0 Å². The van der Waals surface area contributed by atoms with Crippen molar-refractivity contribution < 1.29 is 0 Å². The Hall–Kier alpha value is -1.13. The largest absolute Gasteiger partial charge is 0.353 e. The minimum absolute atomic E-state index is 0.771. The molecule has 1 aliphatic carbocycles. The van der Waals surface area contributed by atoms with E-state index < -0.39 is 0 Å². The van der Waals surface area contributed by atoms with E-state index in [1.165, 1.54) is 25.7 Å². The number of hydrogen-bond donors (Lipinski definition) is 1. The minimum Gasteiger partial charge on any atom is -0.353 e. The van der Waals surface area contributed by atoms with Gasteiger partial charge in [0.25, 0.3) is 0 Å². The summed E-state index contributed by atoms with van der Waals surface area (Å²) in [6.45, 7) is 3.34. The van der Waals surface area contributed by atoms with E-state index in [9.17, 15) is 0 Å². The predicted octanol–water partition coefficient (Wildman–Crippen LogP) is 1.45. The lowest BCUT2D eigenvalue weighted by atomic mass is 9.80. The highest BCUT2D eigenvalue weighted by Gasteiger charge is 2.21. The molecule has 2 rings (SSSR count). The van der Waals surface area contributed by atoms with Crippen LogP contribution in [0.2, 0.25) is 0 Å². The summed E-state index contributed by atoms with van der Waals surface area (Å²) >= 11 is 0. The summed E-state index contributed by atoms with van der Waals surface area (Å²) in [5.41, 5.74) is 0. The molecule has 5 nitrogen and oxygen atoms in total. The number of hydrogen-bond acceptors (Lipinski definition) is 4. The topological polar surface area (TPSA) is 55.6 Å². The van der Waals surface area contributed by atoms with Crippen LogP contribution in [0.3, 0.4) is 0 Å². The van der Waals surface area contributed by atoms with Crippen LogP contribution in [-0.2, 0) is 7.05 Å². The first-order valence-electron chi connectivity index (χ1n) is 5.73. The zero-order valence-electron chi connectivity index (χ0n) is 9.48. The van der Waals surface area contributed by atoms with Gasteiger partial charge >= 0.3 is 0 Å². The number of tetrazole rings is 1. The zero-order valence-corrected chi connectivity index (χ0v) is 9.48. The fourth-order valence-corrected chi connectivity index (χ4v) is 2.30. The highest BCUT2D eigenvalue weighted by atomic mass is 15.6. The van der Waals surface area contributed by atoms with Gasteiger partial charge in [-0.1, -0.05) is 31.3 Å². The van der Waals surface area contributed by atoms with Gasteiger partial charge in [0.05, 0.1) is 0 Å². The third kappa shape index (κ3) is 2.46. The number of anilines is 1. The van der Waals surface area contributed by atoms with E-state index in [2.05, 4.69) is 27.8 Å². The van der Waals surface area contributed by atoms with Gasteiger partial charge in [0, 0.05) is 13.6 Å². The van der Waals surface area contributed by atoms with Crippen molar-refractivity contribution in [1.82, 2.24) is 20.2 Å². The molecule has 0 aromatic carbocycles. The van der Waals surface area contributed by atoms with Gasteiger partial charge in [-0.25, -0.2) is 4.68 Å². The minimum atomic E-state index is 0.771. The van der Waals surface area contributed by atoms with Crippen LogP contribution in [-0.4, -0.2) is 26.8 Å². The van der Waals surface area contributed by atoms with Crippen LogP contribution in [0.15, 0.2) is 0 Å². The highest BCUT2D eigenvalue weighted by molar-refractivity contribution is 5.20. The van der Waals surface area contributed by atoms with Crippen molar-refractivity contribution in [2.24, 2.45) is 18.9 Å². The van der Waals surface area contributed by atoms with E-state index in [0.717, 1.165) is 24.3 Å². The summed E-state index contributed by atoms with van der Waals surface area (Å²) in [4.78, 5) is 0. The molecule has 1 N–H and O–H groups in total. The molecule has 1 heterocycles. The fraction of sp³-hybridized carbons (Fsp3) is 0.900. The number of aromatic nitrogens is 4. The van der Waals surface area contributed by atoms with E-state index >= 15 is 0 Å². The van der Waals surface area contributed by atoms with Gasteiger partial charge in [0.15, 0.2) is 0 Å². The molecule has 84 valence electrons. The van der Waals surface area contributed by atoms with Crippen LogP contribution < -0.4 is 5.32 Å². The van der Waals surface area contributed by atoms with E-state index in [1.807, 2.05) is 7.05 Å². The summed E-state index contributed by atoms with van der Waals surface area (Å²) in [6, 6.07) is 0. The maximum absolute atomic E-state index is 3.92. The molecule has 1 saturated carbocycles. The molecule has 1 aliphatic rings. The lowest BCUT2D eigenvalue weighted by Crippen LogP contribution is -2.25. The molecule has 1 aromatic heterocycles. The summed E-state index contributed by atoms with van der Waals surface area (Å²) in [5, 5.41) is 14.6. The van der Waals surface area contributed by atoms with Crippen molar-refractivity contribution in [3.8, 4) is 0 Å².